The van der Waals surface area contributed by atoms with Crippen LogP contribution in [0.25, 0.3) is 0 Å². The Balaban J connectivity index is 1.80. The van der Waals surface area contributed by atoms with Crippen LogP contribution in [0.1, 0.15) is 57.8 Å². The molecule has 2 aliphatic rings. The molecule has 0 saturated heterocycles. The number of rotatable bonds is 4. The predicted octanol–water partition coefficient (Wildman–Crippen LogP) is 3.19. The number of sulfonamides is 1. The minimum atomic E-state index is -3.07. The average Bonchev–Trinajstić information content (AvgIpc) is 2.38. The number of nitrogens with one attached hydrogen (secondary N) is 1. The van der Waals surface area contributed by atoms with Gasteiger partial charge < -0.3 is 0 Å². The van der Waals surface area contributed by atoms with E-state index in [4.69, 9.17) is 0 Å². The summed E-state index contributed by atoms with van der Waals surface area (Å²) < 4.78 is 27.2. The van der Waals surface area contributed by atoms with E-state index in [9.17, 15) is 8.42 Å². The van der Waals surface area contributed by atoms with Crippen LogP contribution >= 0.6 is 15.9 Å². The van der Waals surface area contributed by atoms with E-state index in [2.05, 4.69) is 20.7 Å². The normalized spacial score (nSPS) is 31.4. The van der Waals surface area contributed by atoms with Crippen LogP contribution in [-0.2, 0) is 10.0 Å². The fraction of sp³-hybridized carbons (Fsp3) is 1.00. The number of hydrogen-bond donors (Lipinski definition) is 1. The van der Waals surface area contributed by atoms with Gasteiger partial charge in [0.25, 0.3) is 0 Å². The van der Waals surface area contributed by atoms with Gasteiger partial charge in [-0.15, -0.1) is 0 Å². The van der Waals surface area contributed by atoms with Gasteiger partial charge in [0, 0.05) is 11.4 Å². The summed E-state index contributed by atoms with van der Waals surface area (Å²) in [7, 11) is -3.07. The Hall–Kier alpha value is 0.390. The zero-order valence-electron chi connectivity index (χ0n) is 10.9. The minimum Gasteiger partial charge on any atom is -0.215 e. The molecular weight excluding hydrogens is 314 g/mol. The zero-order chi connectivity index (χ0) is 13.0. The van der Waals surface area contributed by atoms with E-state index in [0.29, 0.717) is 17.3 Å². The first-order chi connectivity index (χ1) is 8.58. The molecule has 0 bridgehead atoms. The van der Waals surface area contributed by atoms with Crippen molar-refractivity contribution in [1.82, 2.24) is 4.72 Å². The van der Waals surface area contributed by atoms with Crippen molar-refractivity contribution < 1.29 is 8.42 Å². The molecule has 0 aromatic carbocycles. The van der Waals surface area contributed by atoms with E-state index in [0.717, 1.165) is 38.5 Å². The maximum Gasteiger partial charge on any atom is 0.214 e. The monoisotopic (exact) mass is 337 g/mol. The first-order valence-electron chi connectivity index (χ1n) is 7.20. The Morgan fingerprint density at radius 3 is 2.39 bits per heavy atom. The van der Waals surface area contributed by atoms with Crippen molar-refractivity contribution in [3.63, 3.8) is 0 Å². The Morgan fingerprint density at radius 1 is 1.00 bits per heavy atom. The molecule has 0 aromatic heterocycles. The van der Waals surface area contributed by atoms with Crippen LogP contribution < -0.4 is 4.72 Å². The summed E-state index contributed by atoms with van der Waals surface area (Å²) in [5.74, 6) is 0.515. The Labute approximate surface area is 119 Å². The van der Waals surface area contributed by atoms with Crippen molar-refractivity contribution in [2.45, 2.75) is 67.9 Å². The summed E-state index contributed by atoms with van der Waals surface area (Å²) in [4.78, 5) is 0.579. The largest absolute Gasteiger partial charge is 0.215 e. The van der Waals surface area contributed by atoms with Crippen LogP contribution in [0, 0.1) is 5.92 Å². The molecule has 1 N–H and O–H groups in total. The van der Waals surface area contributed by atoms with E-state index < -0.39 is 10.0 Å². The van der Waals surface area contributed by atoms with Crippen molar-refractivity contribution in [2.75, 3.05) is 6.54 Å². The van der Waals surface area contributed by atoms with Crippen LogP contribution in [0.2, 0.25) is 0 Å². The molecule has 5 heteroatoms. The third kappa shape index (κ3) is 4.20. The zero-order valence-corrected chi connectivity index (χ0v) is 13.3. The summed E-state index contributed by atoms with van der Waals surface area (Å²) >= 11 is 3.65. The number of halogens is 1. The lowest BCUT2D eigenvalue weighted by molar-refractivity contribution is 0.366. The lowest BCUT2D eigenvalue weighted by atomic mass is 9.89. The molecule has 0 aliphatic heterocycles. The third-order valence-electron chi connectivity index (χ3n) is 4.28. The summed E-state index contributed by atoms with van der Waals surface area (Å²) in [5.41, 5.74) is 0. The number of alkyl halides is 1. The first kappa shape index (κ1) is 14.8. The van der Waals surface area contributed by atoms with Crippen molar-refractivity contribution in [2.24, 2.45) is 5.92 Å². The summed E-state index contributed by atoms with van der Waals surface area (Å²) in [6.07, 6.45) is 9.74. The molecule has 0 amide bonds. The van der Waals surface area contributed by atoms with Crippen molar-refractivity contribution >= 4 is 26.0 Å². The fourth-order valence-electron chi connectivity index (χ4n) is 3.14. The highest BCUT2D eigenvalue weighted by Crippen LogP contribution is 2.29. The van der Waals surface area contributed by atoms with Crippen LogP contribution in [0.3, 0.4) is 0 Å². The van der Waals surface area contributed by atoms with Crippen LogP contribution in [0.4, 0.5) is 0 Å². The van der Waals surface area contributed by atoms with Gasteiger partial charge in [-0.3, -0.25) is 0 Å². The highest BCUT2D eigenvalue weighted by atomic mass is 79.9. The Kier molecular flexibility index (Phi) is 5.51. The molecule has 2 unspecified atom stereocenters. The van der Waals surface area contributed by atoms with Crippen molar-refractivity contribution in [3.8, 4) is 0 Å². The summed E-state index contributed by atoms with van der Waals surface area (Å²) in [5, 5.41) is -0.130. The second kappa shape index (κ2) is 6.71. The van der Waals surface area contributed by atoms with Gasteiger partial charge in [-0.2, -0.15) is 0 Å². The highest BCUT2D eigenvalue weighted by molar-refractivity contribution is 9.09. The Bertz CT molecular complexity index is 352. The van der Waals surface area contributed by atoms with Crippen molar-refractivity contribution in [3.05, 3.63) is 0 Å². The smallest absolute Gasteiger partial charge is 0.214 e. The van der Waals surface area contributed by atoms with Gasteiger partial charge in [0.2, 0.25) is 10.0 Å². The quantitative estimate of drug-likeness (QED) is 0.800. The van der Waals surface area contributed by atoms with Gasteiger partial charge >= 0.3 is 0 Å². The molecule has 2 rings (SSSR count). The fourth-order valence-corrected chi connectivity index (χ4v) is 5.65. The van der Waals surface area contributed by atoms with Gasteiger partial charge in [-0.1, -0.05) is 41.6 Å². The van der Waals surface area contributed by atoms with Crippen molar-refractivity contribution in [1.29, 1.82) is 0 Å². The molecule has 18 heavy (non-hydrogen) atoms. The van der Waals surface area contributed by atoms with E-state index in [1.165, 1.54) is 19.3 Å². The lowest BCUT2D eigenvalue weighted by Gasteiger charge is -2.27. The van der Waals surface area contributed by atoms with Gasteiger partial charge in [-0.05, 0) is 38.0 Å². The highest BCUT2D eigenvalue weighted by Gasteiger charge is 2.28. The lowest BCUT2D eigenvalue weighted by Crippen LogP contribution is -2.39. The molecule has 0 spiro atoms. The third-order valence-corrected chi connectivity index (χ3v) is 7.03. The molecule has 0 aromatic rings. The topological polar surface area (TPSA) is 46.2 Å². The van der Waals surface area contributed by atoms with E-state index in [-0.39, 0.29) is 5.25 Å². The maximum absolute atomic E-state index is 12.2. The molecular formula is C13H24BrNO2S. The van der Waals surface area contributed by atoms with Gasteiger partial charge in [0.15, 0.2) is 0 Å². The second-order valence-electron chi connectivity index (χ2n) is 5.78. The van der Waals surface area contributed by atoms with Gasteiger partial charge in [0.1, 0.15) is 0 Å². The summed E-state index contributed by atoms with van der Waals surface area (Å²) in [6, 6.07) is 0. The van der Waals surface area contributed by atoms with Crippen LogP contribution in [0.5, 0.6) is 0 Å². The number of hydrogen-bond acceptors (Lipinski definition) is 2. The molecule has 3 nitrogen and oxygen atoms in total. The van der Waals surface area contributed by atoms with E-state index in [1.54, 1.807) is 0 Å². The molecule has 2 fully saturated rings. The maximum atomic E-state index is 12.2. The standard InChI is InChI=1S/C13H24BrNO2S/c14-12-6-4-5-11(9-12)10-15-18(16,17)13-7-2-1-3-8-13/h11-13,15H,1-10H2. The molecule has 0 heterocycles. The van der Waals surface area contributed by atoms with Crippen LogP contribution in [0.15, 0.2) is 0 Å². The van der Waals surface area contributed by atoms with Gasteiger partial charge in [0.05, 0.1) is 5.25 Å². The van der Waals surface area contributed by atoms with Gasteiger partial charge in [-0.25, -0.2) is 13.1 Å². The average molecular weight is 338 g/mol. The second-order valence-corrected chi connectivity index (χ2v) is 9.12. The molecule has 2 aliphatic carbocycles. The first-order valence-corrected chi connectivity index (χ1v) is 9.66. The Morgan fingerprint density at radius 2 is 1.72 bits per heavy atom. The van der Waals surface area contributed by atoms with E-state index >= 15 is 0 Å². The van der Waals surface area contributed by atoms with E-state index in [1.807, 2.05) is 0 Å². The molecule has 2 saturated carbocycles. The molecule has 0 radical (unpaired) electrons. The van der Waals surface area contributed by atoms with Crippen LogP contribution in [-0.4, -0.2) is 25.0 Å². The predicted molar refractivity (Wildman–Crippen MR) is 78.5 cm³/mol. The minimum absolute atomic E-state index is 0.130. The SMILES string of the molecule is O=S(=O)(NCC1CCCC(Br)C1)C1CCCCC1. The molecule has 106 valence electrons. The summed E-state index contributed by atoms with van der Waals surface area (Å²) in [6.45, 7) is 0.640. The molecule has 2 atom stereocenters.